The summed E-state index contributed by atoms with van der Waals surface area (Å²) in [5, 5.41) is 2.36. The first-order chi connectivity index (χ1) is 12.8. The lowest BCUT2D eigenvalue weighted by atomic mass is 10.0. The molecule has 0 atom stereocenters. The van der Waals surface area contributed by atoms with Gasteiger partial charge in [0.25, 0.3) is 0 Å². The first kappa shape index (κ1) is 16.6. The summed E-state index contributed by atoms with van der Waals surface area (Å²) in [5.41, 5.74) is 3.32. The first-order valence-corrected chi connectivity index (χ1v) is 9.02. The average Bonchev–Trinajstić information content (AvgIpc) is 3.16. The molecular weight excluding hydrogens is 320 g/mol. The van der Waals surface area contributed by atoms with Crippen LogP contribution in [0.3, 0.4) is 0 Å². The molecule has 3 nitrogen and oxygen atoms in total. The van der Waals surface area contributed by atoms with E-state index in [1.54, 1.807) is 6.26 Å². The number of hydrogen-bond donors (Lipinski definition) is 0. The molecule has 0 aliphatic rings. The van der Waals surface area contributed by atoms with Gasteiger partial charge in [-0.15, -0.1) is 0 Å². The number of fused-ring (bicyclic) bond motifs is 1. The zero-order valence-electron chi connectivity index (χ0n) is 14.9. The van der Waals surface area contributed by atoms with Crippen molar-refractivity contribution in [1.29, 1.82) is 0 Å². The molecule has 26 heavy (non-hydrogen) atoms. The summed E-state index contributed by atoms with van der Waals surface area (Å²) in [6, 6.07) is 25.1. The zero-order chi connectivity index (χ0) is 17.8. The van der Waals surface area contributed by atoms with Crippen molar-refractivity contribution in [3.05, 3.63) is 90.3 Å². The van der Waals surface area contributed by atoms with E-state index in [4.69, 9.17) is 9.40 Å². The third-order valence-electron chi connectivity index (χ3n) is 4.65. The van der Waals surface area contributed by atoms with E-state index in [-0.39, 0.29) is 0 Å². The largest absolute Gasteiger partial charge is 0.444 e. The Hall–Kier alpha value is -2.91. The summed E-state index contributed by atoms with van der Waals surface area (Å²) in [6.45, 7) is 4.83. The van der Waals surface area contributed by atoms with Gasteiger partial charge in [-0.1, -0.05) is 73.7 Å². The molecule has 4 rings (SSSR count). The second-order valence-corrected chi connectivity index (χ2v) is 6.46. The summed E-state index contributed by atoms with van der Waals surface area (Å²) in [7, 11) is 0. The van der Waals surface area contributed by atoms with Gasteiger partial charge in [-0.3, -0.25) is 4.90 Å². The van der Waals surface area contributed by atoms with Gasteiger partial charge in [-0.05, 0) is 28.9 Å². The second kappa shape index (κ2) is 7.54. The van der Waals surface area contributed by atoms with E-state index in [0.717, 1.165) is 30.9 Å². The van der Waals surface area contributed by atoms with Crippen LogP contribution in [0.4, 0.5) is 0 Å². The van der Waals surface area contributed by atoms with E-state index in [1.807, 2.05) is 12.1 Å². The number of nitrogens with zero attached hydrogens (tertiary/aromatic N) is 2. The van der Waals surface area contributed by atoms with Gasteiger partial charge in [0.2, 0.25) is 5.89 Å². The van der Waals surface area contributed by atoms with Crippen LogP contribution in [-0.4, -0.2) is 16.4 Å². The molecule has 0 amide bonds. The lowest BCUT2D eigenvalue weighted by Gasteiger charge is -2.18. The minimum atomic E-state index is 0.688. The standard InChI is InChI=1S/C23H22N2O/c1-2-25(15-18-9-4-3-5-10-18)16-20-17-26-23(24-20)22-14-8-12-19-11-6-7-13-21(19)22/h3-14,17H,2,15-16H2,1H3. The SMILES string of the molecule is CCN(Cc1ccccc1)Cc1coc(-c2cccc3ccccc23)n1. The van der Waals surface area contributed by atoms with E-state index < -0.39 is 0 Å². The molecule has 4 aromatic rings. The van der Waals surface area contributed by atoms with Crippen LogP contribution in [-0.2, 0) is 13.1 Å². The Balaban J connectivity index is 1.55. The third-order valence-corrected chi connectivity index (χ3v) is 4.65. The number of aromatic nitrogens is 1. The quantitative estimate of drug-likeness (QED) is 0.462. The highest BCUT2D eigenvalue weighted by atomic mass is 16.3. The Morgan fingerprint density at radius 3 is 2.46 bits per heavy atom. The van der Waals surface area contributed by atoms with E-state index in [0.29, 0.717) is 5.89 Å². The highest BCUT2D eigenvalue weighted by Crippen LogP contribution is 2.28. The third kappa shape index (κ3) is 3.53. The normalized spacial score (nSPS) is 11.3. The predicted molar refractivity (Wildman–Crippen MR) is 106 cm³/mol. The number of benzene rings is 3. The molecule has 0 aliphatic carbocycles. The maximum absolute atomic E-state index is 5.82. The van der Waals surface area contributed by atoms with E-state index in [1.165, 1.54) is 16.3 Å². The van der Waals surface area contributed by atoms with Crippen molar-refractivity contribution in [2.24, 2.45) is 0 Å². The Bertz CT molecular complexity index is 986. The molecular formula is C23H22N2O. The lowest BCUT2D eigenvalue weighted by Crippen LogP contribution is -2.22. The maximum atomic E-state index is 5.82. The summed E-state index contributed by atoms with van der Waals surface area (Å²) in [4.78, 5) is 7.11. The summed E-state index contributed by atoms with van der Waals surface area (Å²) >= 11 is 0. The molecule has 0 bridgehead atoms. The predicted octanol–water partition coefficient (Wildman–Crippen LogP) is 5.52. The molecule has 3 aromatic carbocycles. The van der Waals surface area contributed by atoms with Crippen LogP contribution in [0, 0.1) is 0 Å². The topological polar surface area (TPSA) is 29.3 Å². The smallest absolute Gasteiger partial charge is 0.226 e. The van der Waals surface area contributed by atoms with Gasteiger partial charge in [0.15, 0.2) is 0 Å². The molecule has 0 N–H and O–H groups in total. The van der Waals surface area contributed by atoms with E-state index in [9.17, 15) is 0 Å². The Kier molecular flexibility index (Phi) is 4.80. The lowest BCUT2D eigenvalue weighted by molar-refractivity contribution is 0.268. The molecule has 0 aliphatic heterocycles. The molecule has 0 saturated carbocycles. The average molecular weight is 342 g/mol. The Labute approximate surface area is 153 Å². The van der Waals surface area contributed by atoms with Crippen LogP contribution >= 0.6 is 0 Å². The van der Waals surface area contributed by atoms with Gasteiger partial charge in [0.1, 0.15) is 6.26 Å². The second-order valence-electron chi connectivity index (χ2n) is 6.46. The minimum absolute atomic E-state index is 0.688. The van der Waals surface area contributed by atoms with Crippen LogP contribution in [0.1, 0.15) is 18.2 Å². The fourth-order valence-corrected chi connectivity index (χ4v) is 3.27. The number of rotatable bonds is 6. The van der Waals surface area contributed by atoms with E-state index >= 15 is 0 Å². The highest BCUT2D eigenvalue weighted by molar-refractivity contribution is 5.94. The van der Waals surface area contributed by atoms with Crippen LogP contribution in [0.15, 0.2) is 83.5 Å². The summed E-state index contributed by atoms with van der Waals surface area (Å²) < 4.78 is 5.82. The molecule has 1 aromatic heterocycles. The van der Waals surface area contributed by atoms with Gasteiger partial charge in [0.05, 0.1) is 5.69 Å². The number of oxazole rings is 1. The van der Waals surface area contributed by atoms with Gasteiger partial charge >= 0.3 is 0 Å². The zero-order valence-corrected chi connectivity index (χ0v) is 14.9. The fourth-order valence-electron chi connectivity index (χ4n) is 3.27. The van der Waals surface area contributed by atoms with Gasteiger partial charge in [-0.25, -0.2) is 4.98 Å². The minimum Gasteiger partial charge on any atom is -0.444 e. The maximum Gasteiger partial charge on any atom is 0.226 e. The summed E-state index contributed by atoms with van der Waals surface area (Å²) in [6.07, 6.45) is 1.78. The molecule has 0 fully saturated rings. The Morgan fingerprint density at radius 1 is 0.846 bits per heavy atom. The molecule has 3 heteroatoms. The monoisotopic (exact) mass is 342 g/mol. The van der Waals surface area contributed by atoms with Crippen LogP contribution in [0.2, 0.25) is 0 Å². The summed E-state index contributed by atoms with van der Waals surface area (Å²) in [5.74, 6) is 0.688. The van der Waals surface area contributed by atoms with Crippen LogP contribution in [0.25, 0.3) is 22.2 Å². The van der Waals surface area contributed by atoms with Gasteiger partial charge in [0, 0.05) is 18.7 Å². The molecule has 0 spiro atoms. The molecule has 0 unspecified atom stereocenters. The van der Waals surface area contributed by atoms with Crippen molar-refractivity contribution in [2.45, 2.75) is 20.0 Å². The van der Waals surface area contributed by atoms with Crippen LogP contribution in [0.5, 0.6) is 0 Å². The molecule has 1 heterocycles. The molecule has 0 radical (unpaired) electrons. The molecule has 0 saturated heterocycles. The number of hydrogen-bond acceptors (Lipinski definition) is 3. The van der Waals surface area contributed by atoms with Crippen molar-refractivity contribution in [3.63, 3.8) is 0 Å². The fraction of sp³-hybridized carbons (Fsp3) is 0.174. The van der Waals surface area contributed by atoms with E-state index in [2.05, 4.69) is 72.5 Å². The van der Waals surface area contributed by atoms with Crippen molar-refractivity contribution in [3.8, 4) is 11.5 Å². The van der Waals surface area contributed by atoms with Crippen LogP contribution < -0.4 is 0 Å². The van der Waals surface area contributed by atoms with Crippen molar-refractivity contribution >= 4 is 10.8 Å². The first-order valence-electron chi connectivity index (χ1n) is 9.02. The highest BCUT2D eigenvalue weighted by Gasteiger charge is 2.12. The molecule has 130 valence electrons. The van der Waals surface area contributed by atoms with Crippen molar-refractivity contribution < 1.29 is 4.42 Å². The Morgan fingerprint density at radius 2 is 1.62 bits per heavy atom. The van der Waals surface area contributed by atoms with Gasteiger partial charge in [-0.2, -0.15) is 0 Å². The van der Waals surface area contributed by atoms with Crippen molar-refractivity contribution in [1.82, 2.24) is 9.88 Å². The van der Waals surface area contributed by atoms with Crippen molar-refractivity contribution in [2.75, 3.05) is 6.54 Å². The van der Waals surface area contributed by atoms with Gasteiger partial charge < -0.3 is 4.42 Å².